The molecule has 9 rings (SSSR count). The standard InChI is InChI=1S/C47H39N7O/c1-31-21-22-48-43(25-31)54-40-20-19-34(47(2,3)4)26-37(40)38-28-39(42(29-41(38)54)55-36-18-12-17-35(27-36)53-24-23-52(5)30-53)46-50-44(32-13-8-6-9-14-32)49-45(51-46)33-15-10-7-11-16-33/h6-29H,1-5H3/q+2. The molecule has 0 saturated carbocycles. The number of hydrogen-bond donors (Lipinski definition) is 0. The third kappa shape index (κ3) is 6.49. The Morgan fingerprint density at radius 1 is 0.655 bits per heavy atom. The van der Waals surface area contributed by atoms with Gasteiger partial charge in [0, 0.05) is 40.2 Å². The molecule has 266 valence electrons. The molecule has 0 spiro atoms. The van der Waals surface area contributed by atoms with Gasteiger partial charge in [-0.1, -0.05) is 103 Å². The van der Waals surface area contributed by atoms with Crippen LogP contribution in [0.15, 0.2) is 146 Å². The fourth-order valence-electron chi connectivity index (χ4n) is 6.96. The minimum absolute atomic E-state index is 0.0569. The van der Waals surface area contributed by atoms with Crippen LogP contribution in [0.4, 0.5) is 5.69 Å². The van der Waals surface area contributed by atoms with Gasteiger partial charge >= 0.3 is 6.01 Å². The normalized spacial score (nSPS) is 12.7. The molecule has 5 aromatic carbocycles. The van der Waals surface area contributed by atoms with Crippen LogP contribution < -0.4 is 4.74 Å². The van der Waals surface area contributed by atoms with Gasteiger partial charge in [-0.3, -0.25) is 4.57 Å². The molecule has 0 atom stereocenters. The maximum absolute atomic E-state index is 6.95. The first-order chi connectivity index (χ1) is 26.7. The van der Waals surface area contributed by atoms with Crippen molar-refractivity contribution in [1.82, 2.24) is 24.5 Å². The van der Waals surface area contributed by atoms with Gasteiger partial charge < -0.3 is 4.74 Å². The van der Waals surface area contributed by atoms with Crippen molar-refractivity contribution >= 4 is 33.5 Å². The van der Waals surface area contributed by atoms with Crippen molar-refractivity contribution in [2.24, 2.45) is 0 Å². The third-order valence-electron chi connectivity index (χ3n) is 9.83. The molecule has 0 bridgehead atoms. The van der Waals surface area contributed by atoms with Crippen molar-refractivity contribution in [3.05, 3.63) is 157 Å². The summed E-state index contributed by atoms with van der Waals surface area (Å²) >= 11 is 0. The number of aromatic nitrogens is 5. The Kier molecular flexibility index (Phi) is 8.25. The highest BCUT2D eigenvalue weighted by molar-refractivity contribution is 6.11. The molecule has 0 fully saturated rings. The quantitative estimate of drug-likeness (QED) is 0.154. The molecule has 8 aromatic rings. The summed E-state index contributed by atoms with van der Waals surface area (Å²) < 4.78 is 13.0. The average molecular weight is 718 g/mol. The van der Waals surface area contributed by atoms with Crippen molar-refractivity contribution in [2.75, 3.05) is 7.05 Å². The van der Waals surface area contributed by atoms with Gasteiger partial charge in [-0.25, -0.2) is 19.9 Å². The second-order valence-electron chi connectivity index (χ2n) is 14.9. The molecular weight excluding hydrogens is 679 g/mol. The summed E-state index contributed by atoms with van der Waals surface area (Å²) in [6.07, 6.45) is 5.79. The van der Waals surface area contributed by atoms with Gasteiger partial charge in [-0.05, 0) is 59.9 Å². The minimum Gasteiger partial charge on any atom is -0.456 e. The molecule has 1 aliphatic heterocycles. The number of ether oxygens (including phenoxy) is 1. The highest BCUT2D eigenvalue weighted by Gasteiger charge is 2.24. The molecule has 8 nitrogen and oxygen atoms in total. The highest BCUT2D eigenvalue weighted by Crippen LogP contribution is 2.42. The average Bonchev–Trinajstić information content (AvgIpc) is 3.78. The smallest absolute Gasteiger partial charge is 0.456 e. The maximum atomic E-state index is 6.95. The van der Waals surface area contributed by atoms with Crippen LogP contribution in [0.1, 0.15) is 31.9 Å². The topological polar surface area (TPSA) is 71.7 Å². The fourth-order valence-corrected chi connectivity index (χ4v) is 6.96. The lowest BCUT2D eigenvalue weighted by Crippen LogP contribution is -2.10. The van der Waals surface area contributed by atoms with Gasteiger partial charge in [-0.2, -0.15) is 0 Å². The molecule has 8 heteroatoms. The van der Waals surface area contributed by atoms with E-state index in [4.69, 9.17) is 24.7 Å². The van der Waals surface area contributed by atoms with Gasteiger partial charge in [0.25, 0.3) is 6.20 Å². The summed E-state index contributed by atoms with van der Waals surface area (Å²) in [6, 6.07) is 46.5. The van der Waals surface area contributed by atoms with E-state index in [-0.39, 0.29) is 5.41 Å². The zero-order valence-electron chi connectivity index (χ0n) is 31.4. The fraction of sp³-hybridized carbons (Fsp3) is 0.128. The molecule has 0 amide bonds. The second kappa shape index (κ2) is 13.4. The molecule has 0 unspecified atom stereocenters. The number of benzene rings is 5. The van der Waals surface area contributed by atoms with E-state index >= 15 is 0 Å². The first-order valence-electron chi connectivity index (χ1n) is 18.4. The maximum Gasteiger partial charge on any atom is 0.495 e. The predicted molar refractivity (Wildman–Crippen MR) is 218 cm³/mol. The highest BCUT2D eigenvalue weighted by atomic mass is 16.5. The Morgan fingerprint density at radius 2 is 1.35 bits per heavy atom. The van der Waals surface area contributed by atoms with Gasteiger partial charge in [0.1, 0.15) is 17.3 Å². The predicted octanol–water partition coefficient (Wildman–Crippen LogP) is 10.7. The number of rotatable bonds is 7. The number of nitrogens with zero attached hydrogens (tertiary/aromatic N) is 7. The molecule has 0 saturated heterocycles. The summed E-state index contributed by atoms with van der Waals surface area (Å²) in [5.41, 5.74) is 7.77. The molecular formula is C47H39N7O+2. The minimum atomic E-state index is -0.0569. The Labute approximate surface area is 319 Å². The van der Waals surface area contributed by atoms with Crippen LogP contribution in [0.25, 0.3) is 61.8 Å². The molecule has 4 heterocycles. The lowest BCUT2D eigenvalue weighted by atomic mass is 9.86. The Morgan fingerprint density at radius 3 is 2.00 bits per heavy atom. The Balaban J connectivity index is 1.35. The van der Waals surface area contributed by atoms with Crippen molar-refractivity contribution in [2.45, 2.75) is 33.1 Å². The summed E-state index contributed by atoms with van der Waals surface area (Å²) in [5, 5.41) is 2.15. The molecule has 55 heavy (non-hydrogen) atoms. The second-order valence-corrected chi connectivity index (χ2v) is 14.9. The lowest BCUT2D eigenvalue weighted by molar-refractivity contribution is -0.429. The Bertz CT molecular complexity index is 2820. The van der Waals surface area contributed by atoms with E-state index in [0.717, 1.165) is 55.6 Å². The summed E-state index contributed by atoms with van der Waals surface area (Å²) in [7, 11) is 1.95. The first kappa shape index (κ1) is 33.8. The van der Waals surface area contributed by atoms with E-state index in [9.17, 15) is 0 Å². The number of hydrogen-bond acceptors (Lipinski definition) is 5. The summed E-state index contributed by atoms with van der Waals surface area (Å²) in [4.78, 5) is 20.2. The lowest BCUT2D eigenvalue weighted by Gasteiger charge is -2.19. The molecule has 0 radical (unpaired) electrons. The van der Waals surface area contributed by atoms with Gasteiger partial charge in [0.05, 0.1) is 22.7 Å². The van der Waals surface area contributed by atoms with Crippen molar-refractivity contribution in [3.8, 4) is 51.5 Å². The molecule has 3 aromatic heterocycles. The SMILES string of the molecule is Cc1ccnc(-n2c3ccc(C(C)(C)C)cc3c3cc(-c4nc(-c5ccccc5)nc(-c5ccccc5)n4)c(Oc4cccc([N+]5=C=[N+](C)C=C5)c4)cc32)c1. The van der Waals surface area contributed by atoms with Crippen LogP contribution in [0.2, 0.25) is 0 Å². The largest absolute Gasteiger partial charge is 0.495 e. The zero-order valence-corrected chi connectivity index (χ0v) is 31.4. The van der Waals surface area contributed by atoms with Crippen LogP contribution in [-0.2, 0) is 5.41 Å². The van der Waals surface area contributed by atoms with Crippen LogP contribution in [0.3, 0.4) is 0 Å². The van der Waals surface area contributed by atoms with Gasteiger partial charge in [0.15, 0.2) is 24.5 Å². The van der Waals surface area contributed by atoms with Gasteiger partial charge in [0.2, 0.25) is 11.9 Å². The summed E-state index contributed by atoms with van der Waals surface area (Å²) in [5.74, 6) is 3.76. The third-order valence-corrected chi connectivity index (χ3v) is 9.83. The van der Waals surface area contributed by atoms with Crippen LogP contribution in [0, 0.1) is 6.92 Å². The zero-order chi connectivity index (χ0) is 37.7. The van der Waals surface area contributed by atoms with E-state index in [1.54, 1.807) is 0 Å². The Hall–Kier alpha value is -7.02. The molecule has 0 N–H and O–H groups in total. The van der Waals surface area contributed by atoms with Crippen LogP contribution >= 0.6 is 0 Å². The van der Waals surface area contributed by atoms with E-state index < -0.39 is 0 Å². The van der Waals surface area contributed by atoms with Crippen LogP contribution in [-0.4, -0.2) is 46.7 Å². The summed E-state index contributed by atoms with van der Waals surface area (Å²) in [6.45, 7) is 8.82. The van der Waals surface area contributed by atoms with Crippen molar-refractivity contribution in [1.29, 1.82) is 0 Å². The number of aryl methyl sites for hydroxylation is 1. The number of pyridine rings is 1. The van der Waals surface area contributed by atoms with Gasteiger partial charge in [-0.15, -0.1) is 0 Å². The van der Waals surface area contributed by atoms with Crippen molar-refractivity contribution in [3.63, 3.8) is 0 Å². The van der Waals surface area contributed by atoms with E-state index in [2.05, 4.69) is 74.7 Å². The molecule has 0 aliphatic carbocycles. The number of fused-ring (bicyclic) bond motifs is 3. The van der Waals surface area contributed by atoms with E-state index in [1.165, 1.54) is 5.56 Å². The van der Waals surface area contributed by atoms with E-state index in [1.807, 2.05) is 126 Å². The van der Waals surface area contributed by atoms with Crippen molar-refractivity contribution < 1.29 is 13.9 Å². The monoisotopic (exact) mass is 717 g/mol. The van der Waals surface area contributed by atoms with E-state index in [0.29, 0.717) is 29.0 Å². The van der Waals surface area contributed by atoms with Crippen LogP contribution in [0.5, 0.6) is 11.5 Å². The first-order valence-corrected chi connectivity index (χ1v) is 18.4. The molecule has 1 aliphatic rings.